The van der Waals surface area contributed by atoms with Crippen molar-refractivity contribution in [1.82, 2.24) is 9.88 Å². The fourth-order valence-corrected chi connectivity index (χ4v) is 6.57. The Balaban J connectivity index is 1.05. The van der Waals surface area contributed by atoms with E-state index in [0.717, 1.165) is 11.6 Å². The normalized spacial score (nSPS) is 13.4. The number of aromatic nitrogens is 1. The summed E-state index contributed by atoms with van der Waals surface area (Å²) in [7, 11) is 2.38. The lowest BCUT2D eigenvalue weighted by Gasteiger charge is -2.24. The first-order valence-corrected chi connectivity index (χ1v) is 18.8. The number of anilines is 4. The molecule has 1 aromatic heterocycles. The molecular formula is C44H40N6O12. The maximum Gasteiger partial charge on any atom is 0.339 e. The Kier molecular flexibility index (Phi) is 13.0. The SMILES string of the molecule is COc1c(NC(=O)c2ccc(NC(=O)c3ccc(NC(=O)[C@@H]4CCCN4C(=O)c4ccc(NC(=O)/C(C)=C/c5ccc(O)cc5)nc4)cc3)c(OC)c2O)ccc(C(=O)O)c1O. The highest BCUT2D eigenvalue weighted by atomic mass is 16.5. The van der Waals surface area contributed by atoms with Crippen LogP contribution < -0.4 is 30.7 Å². The van der Waals surface area contributed by atoms with Crippen molar-refractivity contribution in [2.75, 3.05) is 42.0 Å². The number of hydrogen-bond donors (Lipinski definition) is 8. The zero-order chi connectivity index (χ0) is 44.7. The van der Waals surface area contributed by atoms with Gasteiger partial charge in [0.2, 0.25) is 5.91 Å². The van der Waals surface area contributed by atoms with E-state index in [-0.39, 0.29) is 51.1 Å². The van der Waals surface area contributed by atoms with E-state index in [9.17, 15) is 49.2 Å². The molecule has 0 radical (unpaired) electrons. The lowest BCUT2D eigenvalue weighted by atomic mass is 10.1. The number of nitrogens with zero attached hydrogens (tertiary/aromatic N) is 2. The first-order chi connectivity index (χ1) is 29.7. The van der Waals surface area contributed by atoms with Crippen LogP contribution in [0.25, 0.3) is 6.08 Å². The van der Waals surface area contributed by atoms with Crippen LogP contribution in [0.15, 0.2) is 96.7 Å². The van der Waals surface area contributed by atoms with E-state index >= 15 is 0 Å². The number of rotatable bonds is 13. The van der Waals surface area contributed by atoms with E-state index < -0.39 is 58.6 Å². The van der Waals surface area contributed by atoms with E-state index in [1.54, 1.807) is 25.1 Å². The summed E-state index contributed by atoms with van der Waals surface area (Å²) in [5.74, 6) is -5.72. The lowest BCUT2D eigenvalue weighted by molar-refractivity contribution is -0.119. The maximum atomic E-state index is 13.5. The maximum absolute atomic E-state index is 13.5. The van der Waals surface area contributed by atoms with Crippen molar-refractivity contribution >= 4 is 64.5 Å². The molecule has 62 heavy (non-hydrogen) atoms. The monoisotopic (exact) mass is 844 g/mol. The van der Waals surface area contributed by atoms with Crippen molar-refractivity contribution in [2.45, 2.75) is 25.8 Å². The van der Waals surface area contributed by atoms with Gasteiger partial charge in [-0.3, -0.25) is 24.0 Å². The number of nitrogens with one attached hydrogen (secondary N) is 4. The number of carbonyl (C=O) groups excluding carboxylic acids is 5. The van der Waals surface area contributed by atoms with Gasteiger partial charge in [0.25, 0.3) is 23.6 Å². The summed E-state index contributed by atoms with van der Waals surface area (Å²) in [5.41, 5.74) is 1.06. The molecule has 4 aromatic carbocycles. The van der Waals surface area contributed by atoms with Crippen LogP contribution in [0.4, 0.5) is 22.9 Å². The number of phenols is 3. The minimum absolute atomic E-state index is 0.0137. The van der Waals surface area contributed by atoms with Crippen molar-refractivity contribution in [3.05, 3.63) is 125 Å². The Labute approximate surface area is 353 Å². The predicted octanol–water partition coefficient (Wildman–Crippen LogP) is 5.70. The Hall–Kier alpha value is -8.41. The number of carbonyl (C=O) groups is 6. The molecule has 5 aromatic rings. The molecule has 0 bridgehead atoms. The number of aromatic carboxylic acids is 1. The number of methoxy groups -OCH3 is 2. The van der Waals surface area contributed by atoms with Crippen molar-refractivity contribution in [1.29, 1.82) is 0 Å². The number of aromatic hydroxyl groups is 3. The van der Waals surface area contributed by atoms with E-state index in [0.29, 0.717) is 30.6 Å². The third-order valence-electron chi connectivity index (χ3n) is 9.76. The summed E-state index contributed by atoms with van der Waals surface area (Å²) < 4.78 is 10.4. The Morgan fingerprint density at radius 2 is 1.31 bits per heavy atom. The van der Waals surface area contributed by atoms with Crippen molar-refractivity contribution in [2.24, 2.45) is 0 Å². The molecule has 5 amide bonds. The Morgan fingerprint density at radius 3 is 1.90 bits per heavy atom. The van der Waals surface area contributed by atoms with Gasteiger partial charge in [0.05, 0.1) is 36.7 Å². The molecule has 0 unspecified atom stereocenters. The highest BCUT2D eigenvalue weighted by molar-refractivity contribution is 6.11. The summed E-state index contributed by atoms with van der Waals surface area (Å²) >= 11 is 0. The molecule has 0 saturated carbocycles. The number of carboxylic acids is 1. The molecule has 2 heterocycles. The summed E-state index contributed by atoms with van der Waals surface area (Å²) in [6.45, 7) is 1.97. The Morgan fingerprint density at radius 1 is 0.710 bits per heavy atom. The molecule has 0 aliphatic carbocycles. The molecule has 6 rings (SSSR count). The standard InChI is InChI=1S/C44H40N6O12/c1-23(21-24-6-13-28(51)14-7-24)39(54)49-34-19-10-26(22-45-34)43(58)50-20-4-5-33(50)42(57)46-27-11-8-25(9-12-27)40(55)47-31-17-15-29(35(52)37(31)61-2)41(56)48-32-18-16-30(44(59)60)36(53)38(32)62-3/h6-19,21-22,33,51-53H,4-5,20H2,1-3H3,(H,46,57)(H,47,55)(H,48,56)(H,59,60)(H,45,49,54)/b23-21+/t33-/m0/s1. The molecule has 1 aliphatic heterocycles. The van der Waals surface area contributed by atoms with Gasteiger partial charge in [-0.05, 0) is 104 Å². The zero-order valence-electron chi connectivity index (χ0n) is 33.4. The zero-order valence-corrected chi connectivity index (χ0v) is 33.4. The van der Waals surface area contributed by atoms with Gasteiger partial charge in [-0.25, -0.2) is 9.78 Å². The lowest BCUT2D eigenvalue weighted by Crippen LogP contribution is -2.43. The van der Waals surface area contributed by atoms with Gasteiger partial charge in [-0.2, -0.15) is 0 Å². The van der Waals surface area contributed by atoms with Gasteiger partial charge in [0, 0.05) is 29.6 Å². The van der Waals surface area contributed by atoms with Gasteiger partial charge in [0.1, 0.15) is 23.2 Å². The summed E-state index contributed by atoms with van der Waals surface area (Å²) in [5, 5.41) is 50.5. The minimum Gasteiger partial charge on any atom is -0.508 e. The first kappa shape index (κ1) is 43.2. The number of carboxylic acid groups (broad SMARTS) is 1. The number of ether oxygens (including phenoxy) is 2. The summed E-state index contributed by atoms with van der Waals surface area (Å²) in [4.78, 5) is 83.0. The molecule has 318 valence electrons. The third-order valence-corrected chi connectivity index (χ3v) is 9.76. The van der Waals surface area contributed by atoms with Crippen molar-refractivity contribution < 1.29 is 58.7 Å². The smallest absolute Gasteiger partial charge is 0.339 e. The van der Waals surface area contributed by atoms with Crippen LogP contribution in [0.2, 0.25) is 0 Å². The Bertz CT molecular complexity index is 2590. The van der Waals surface area contributed by atoms with E-state index in [2.05, 4.69) is 26.3 Å². The molecular weight excluding hydrogens is 805 g/mol. The molecule has 8 N–H and O–H groups in total. The second-order valence-corrected chi connectivity index (χ2v) is 13.8. The van der Waals surface area contributed by atoms with Crippen molar-refractivity contribution in [3.8, 4) is 28.7 Å². The molecule has 18 nitrogen and oxygen atoms in total. The second kappa shape index (κ2) is 18.7. The topological polar surface area (TPSA) is 266 Å². The second-order valence-electron chi connectivity index (χ2n) is 13.8. The number of phenolic OH excluding ortho intramolecular Hbond substituents is 2. The average Bonchev–Trinajstić information content (AvgIpc) is 3.75. The third kappa shape index (κ3) is 9.55. The van der Waals surface area contributed by atoms with Crippen LogP contribution in [-0.2, 0) is 9.59 Å². The number of likely N-dealkylation sites (tertiary alicyclic amines) is 1. The van der Waals surface area contributed by atoms with Crippen LogP contribution in [0.3, 0.4) is 0 Å². The van der Waals surface area contributed by atoms with Crippen LogP contribution in [0.1, 0.15) is 66.8 Å². The molecule has 1 fully saturated rings. The summed E-state index contributed by atoms with van der Waals surface area (Å²) in [6.07, 6.45) is 3.98. The van der Waals surface area contributed by atoms with Gasteiger partial charge in [0.15, 0.2) is 23.0 Å². The summed E-state index contributed by atoms with van der Waals surface area (Å²) in [6, 6.07) is 19.3. The van der Waals surface area contributed by atoms with E-state index in [4.69, 9.17) is 9.47 Å². The van der Waals surface area contributed by atoms with Gasteiger partial charge >= 0.3 is 5.97 Å². The number of amides is 5. The van der Waals surface area contributed by atoms with Crippen molar-refractivity contribution in [3.63, 3.8) is 0 Å². The average molecular weight is 845 g/mol. The van der Waals surface area contributed by atoms with Crippen LogP contribution in [0.5, 0.6) is 28.7 Å². The van der Waals surface area contributed by atoms with Crippen LogP contribution >= 0.6 is 0 Å². The number of pyridine rings is 1. The van der Waals surface area contributed by atoms with Gasteiger partial charge in [-0.15, -0.1) is 0 Å². The highest BCUT2D eigenvalue weighted by Gasteiger charge is 2.35. The molecule has 1 saturated heterocycles. The van der Waals surface area contributed by atoms with Crippen LogP contribution in [-0.4, -0.2) is 92.6 Å². The minimum atomic E-state index is -1.42. The fourth-order valence-electron chi connectivity index (χ4n) is 6.57. The van der Waals surface area contributed by atoms with Gasteiger partial charge < -0.3 is 56.1 Å². The quantitative estimate of drug-likeness (QED) is 0.0662. The van der Waals surface area contributed by atoms with Gasteiger partial charge in [-0.1, -0.05) is 12.1 Å². The molecule has 0 spiro atoms. The fraction of sp³-hybridized carbons (Fsp3) is 0.159. The van der Waals surface area contributed by atoms with Crippen LogP contribution in [0, 0.1) is 0 Å². The van der Waals surface area contributed by atoms with E-state index in [1.165, 1.54) is 92.0 Å². The predicted molar refractivity (Wildman–Crippen MR) is 226 cm³/mol. The number of hydrogen-bond acceptors (Lipinski definition) is 12. The number of benzene rings is 4. The molecule has 18 heteroatoms. The largest absolute Gasteiger partial charge is 0.508 e. The molecule has 1 atom stereocenters. The highest BCUT2D eigenvalue weighted by Crippen LogP contribution is 2.40. The molecule has 1 aliphatic rings. The first-order valence-electron chi connectivity index (χ1n) is 18.8. The van der Waals surface area contributed by atoms with E-state index in [1.807, 2.05) is 0 Å².